The van der Waals surface area contributed by atoms with Crippen LogP contribution in [-0.4, -0.2) is 84.5 Å². The number of fused-ring (bicyclic) bond motifs is 1. The molecule has 6 rings (SSSR count). The minimum Gasteiger partial charge on any atom is -0.508 e. The molecule has 1 aromatic heterocycles. The maximum absolute atomic E-state index is 10.3. The smallest absolute Gasteiger partial charge is 0.229 e. The van der Waals surface area contributed by atoms with Gasteiger partial charge >= 0.3 is 0 Å². The highest BCUT2D eigenvalue weighted by atomic mass is 16.5. The summed E-state index contributed by atoms with van der Waals surface area (Å²) in [5.74, 6) is 4.81. The van der Waals surface area contributed by atoms with E-state index < -0.39 is 0 Å². The molecule has 0 amide bonds. The summed E-state index contributed by atoms with van der Waals surface area (Å²) in [6.07, 6.45) is 5.90. The number of benzene rings is 1. The third-order valence-corrected chi connectivity index (χ3v) is 9.53. The average Bonchev–Trinajstić information content (AvgIpc) is 3.64. The molecule has 8 nitrogen and oxygen atoms in total. The summed E-state index contributed by atoms with van der Waals surface area (Å²) < 4.78 is 6.76. The molecule has 0 radical (unpaired) electrons. The average molecular weight is 521 g/mol. The number of ether oxygens (including phenoxy) is 1. The third-order valence-electron chi connectivity index (χ3n) is 9.53. The number of phenols is 1. The zero-order chi connectivity index (χ0) is 26.4. The molecular weight excluding hydrogens is 476 g/mol. The van der Waals surface area contributed by atoms with Gasteiger partial charge in [0.25, 0.3) is 0 Å². The molecule has 38 heavy (non-hydrogen) atoms. The molecule has 8 heteroatoms. The lowest BCUT2D eigenvalue weighted by atomic mass is 9.81. The van der Waals surface area contributed by atoms with Crippen LogP contribution >= 0.6 is 0 Å². The monoisotopic (exact) mass is 520 g/mol. The number of nitrogens with zero attached hydrogens (tertiary/aromatic N) is 6. The number of anilines is 3. The Kier molecular flexibility index (Phi) is 6.79. The minimum atomic E-state index is -0.260. The molecule has 3 saturated heterocycles. The van der Waals surface area contributed by atoms with E-state index in [1.807, 2.05) is 13.0 Å². The van der Waals surface area contributed by atoms with Gasteiger partial charge in [-0.2, -0.15) is 9.97 Å². The number of rotatable bonds is 5. The van der Waals surface area contributed by atoms with Crippen LogP contribution in [0.2, 0.25) is 0 Å². The normalized spacial score (nSPS) is 26.1. The van der Waals surface area contributed by atoms with Gasteiger partial charge in [-0.05, 0) is 75.6 Å². The second kappa shape index (κ2) is 10.1. The molecule has 0 saturated carbocycles. The highest BCUT2D eigenvalue weighted by Gasteiger charge is 2.41. The largest absolute Gasteiger partial charge is 0.508 e. The van der Waals surface area contributed by atoms with Gasteiger partial charge in [-0.1, -0.05) is 6.92 Å². The second-order valence-electron chi connectivity index (χ2n) is 12.2. The Hall–Kier alpha value is -2.74. The number of hydrogen-bond acceptors (Lipinski definition) is 8. The van der Waals surface area contributed by atoms with Crippen molar-refractivity contribution in [1.82, 2.24) is 14.9 Å². The van der Waals surface area contributed by atoms with Crippen LogP contribution < -0.4 is 19.4 Å². The van der Waals surface area contributed by atoms with E-state index in [1.54, 1.807) is 0 Å². The van der Waals surface area contributed by atoms with Crippen molar-refractivity contribution < 1.29 is 9.84 Å². The van der Waals surface area contributed by atoms with Gasteiger partial charge < -0.3 is 24.5 Å². The van der Waals surface area contributed by atoms with Crippen molar-refractivity contribution in [2.24, 2.45) is 5.92 Å². The first-order chi connectivity index (χ1) is 18.3. The van der Waals surface area contributed by atoms with Crippen molar-refractivity contribution in [1.29, 1.82) is 0 Å². The molecule has 5 heterocycles. The Morgan fingerprint density at radius 2 is 1.42 bits per heavy atom. The highest BCUT2D eigenvalue weighted by Crippen LogP contribution is 2.43. The molecule has 2 unspecified atom stereocenters. The van der Waals surface area contributed by atoms with Crippen LogP contribution in [0.5, 0.6) is 11.5 Å². The molecule has 2 atom stereocenters. The van der Waals surface area contributed by atoms with Gasteiger partial charge in [-0.25, -0.2) is 0 Å². The molecular formula is C30H44N6O2. The first kappa shape index (κ1) is 25.5. The Balaban J connectivity index is 1.15. The quantitative estimate of drug-likeness (QED) is 0.631. The Morgan fingerprint density at radius 1 is 0.842 bits per heavy atom. The lowest BCUT2D eigenvalue weighted by Crippen LogP contribution is -2.56. The maximum atomic E-state index is 10.3. The van der Waals surface area contributed by atoms with Crippen LogP contribution in [0.1, 0.15) is 56.2 Å². The van der Waals surface area contributed by atoms with E-state index in [1.165, 1.54) is 25.7 Å². The van der Waals surface area contributed by atoms with Crippen LogP contribution in [0.3, 0.4) is 0 Å². The molecule has 206 valence electrons. The van der Waals surface area contributed by atoms with Crippen molar-refractivity contribution in [3.8, 4) is 11.5 Å². The number of phenolic OH excluding ortho intramolecular Hbond substituents is 1. The number of hydrogen-bond donors (Lipinski definition) is 1. The third kappa shape index (κ3) is 4.76. The fourth-order valence-electron chi connectivity index (χ4n) is 6.62. The van der Waals surface area contributed by atoms with Crippen LogP contribution in [0.15, 0.2) is 12.1 Å². The Labute approximate surface area is 227 Å². The molecule has 0 bridgehead atoms. The van der Waals surface area contributed by atoms with Crippen molar-refractivity contribution in [3.05, 3.63) is 28.8 Å². The molecule has 2 aromatic rings. The van der Waals surface area contributed by atoms with Gasteiger partial charge in [-0.3, -0.25) is 4.90 Å². The predicted molar refractivity (Wildman–Crippen MR) is 153 cm³/mol. The number of piperazine rings is 1. The maximum Gasteiger partial charge on any atom is 0.229 e. The van der Waals surface area contributed by atoms with Crippen LogP contribution in [0.25, 0.3) is 0 Å². The van der Waals surface area contributed by atoms with E-state index in [2.05, 4.69) is 46.4 Å². The molecule has 0 aliphatic carbocycles. The lowest BCUT2D eigenvalue weighted by molar-refractivity contribution is -0.0159. The summed E-state index contributed by atoms with van der Waals surface area (Å²) in [4.78, 5) is 19.9. The summed E-state index contributed by atoms with van der Waals surface area (Å²) >= 11 is 0. The second-order valence-corrected chi connectivity index (χ2v) is 12.2. The zero-order valence-electron chi connectivity index (χ0n) is 23.7. The van der Waals surface area contributed by atoms with Crippen LogP contribution in [0, 0.1) is 19.8 Å². The van der Waals surface area contributed by atoms with Gasteiger partial charge in [0.2, 0.25) is 5.95 Å². The first-order valence-corrected chi connectivity index (χ1v) is 14.7. The van der Waals surface area contributed by atoms with Crippen molar-refractivity contribution in [3.63, 3.8) is 0 Å². The van der Waals surface area contributed by atoms with E-state index in [0.29, 0.717) is 11.7 Å². The van der Waals surface area contributed by atoms with Gasteiger partial charge in [0.1, 0.15) is 28.7 Å². The van der Waals surface area contributed by atoms with E-state index in [4.69, 9.17) is 14.7 Å². The number of aromatic hydroxyl groups is 1. The van der Waals surface area contributed by atoms with Gasteiger partial charge in [0.15, 0.2) is 0 Å². The van der Waals surface area contributed by atoms with Crippen molar-refractivity contribution >= 4 is 17.6 Å². The lowest BCUT2D eigenvalue weighted by Gasteiger charge is -2.46. The molecule has 1 N–H and O–H groups in total. The molecule has 4 aliphatic rings. The van der Waals surface area contributed by atoms with Crippen LogP contribution in [0.4, 0.5) is 17.6 Å². The fourth-order valence-corrected chi connectivity index (χ4v) is 6.62. The SMILES string of the molecule is Cc1c(O)cc2c(c1C)OC(C)(CN1CCN(c3cc(N4CCCC4)nc(N4CCCC4)n3)CC1)C(C)C2. The summed E-state index contributed by atoms with van der Waals surface area (Å²) in [6.45, 7) is 17.7. The van der Waals surface area contributed by atoms with Crippen LogP contribution in [-0.2, 0) is 6.42 Å². The highest BCUT2D eigenvalue weighted by molar-refractivity contribution is 5.57. The van der Waals surface area contributed by atoms with Crippen molar-refractivity contribution in [2.45, 2.75) is 65.4 Å². The van der Waals surface area contributed by atoms with E-state index >= 15 is 0 Å². The number of aromatic nitrogens is 2. The van der Waals surface area contributed by atoms with E-state index in [-0.39, 0.29) is 5.60 Å². The molecule has 1 aromatic carbocycles. The first-order valence-electron chi connectivity index (χ1n) is 14.7. The molecule has 4 aliphatic heterocycles. The Bertz CT molecular complexity index is 1130. The molecule has 0 spiro atoms. The Morgan fingerprint density at radius 3 is 2.05 bits per heavy atom. The summed E-state index contributed by atoms with van der Waals surface area (Å²) in [5.41, 5.74) is 2.85. The van der Waals surface area contributed by atoms with Crippen molar-refractivity contribution in [2.75, 3.05) is 73.6 Å². The fraction of sp³-hybridized carbons (Fsp3) is 0.667. The van der Waals surface area contributed by atoms with E-state index in [0.717, 1.165) is 105 Å². The van der Waals surface area contributed by atoms with E-state index in [9.17, 15) is 5.11 Å². The molecule has 3 fully saturated rings. The standard InChI is InChI=1S/C30H44N6O2/c1-21-17-24-18-25(37)22(2)23(3)28(24)38-30(21,4)20-33-13-15-35(16-14-33)27-19-26(34-9-5-6-10-34)31-29(32-27)36-11-7-8-12-36/h18-19,21,37H,5-17,20H2,1-4H3. The topological polar surface area (TPSA) is 68.2 Å². The van der Waals surface area contributed by atoms with Gasteiger partial charge in [-0.15, -0.1) is 0 Å². The predicted octanol–water partition coefficient (Wildman–Crippen LogP) is 4.15. The minimum absolute atomic E-state index is 0.260. The zero-order valence-corrected chi connectivity index (χ0v) is 23.7. The summed E-state index contributed by atoms with van der Waals surface area (Å²) in [7, 11) is 0. The van der Waals surface area contributed by atoms with Gasteiger partial charge in [0, 0.05) is 70.9 Å². The summed E-state index contributed by atoms with van der Waals surface area (Å²) in [6, 6.07) is 4.13. The van der Waals surface area contributed by atoms with Gasteiger partial charge in [0.05, 0.1) is 0 Å². The summed E-state index contributed by atoms with van der Waals surface area (Å²) in [5, 5.41) is 10.3.